The van der Waals surface area contributed by atoms with Gasteiger partial charge in [0.05, 0.1) is 12.2 Å². The van der Waals surface area contributed by atoms with Gasteiger partial charge in [-0.1, -0.05) is 6.07 Å². The minimum Gasteiger partial charge on any atom is -0.382 e. The van der Waals surface area contributed by atoms with Crippen LogP contribution in [0.15, 0.2) is 18.2 Å². The molecule has 2 rings (SSSR count). The standard InChI is InChI=1S/C15H23NO/c1-10-5-11(2)7-14(6-10)16-15-8-12(3)17-13(4)9-15/h5-7,12-13,15-16H,8-9H2,1-4H3. The maximum atomic E-state index is 5.76. The summed E-state index contributed by atoms with van der Waals surface area (Å²) in [4.78, 5) is 0. The number of hydrogen-bond donors (Lipinski definition) is 1. The van der Waals surface area contributed by atoms with E-state index in [1.165, 1.54) is 16.8 Å². The van der Waals surface area contributed by atoms with Crippen molar-refractivity contribution in [3.8, 4) is 0 Å². The molecule has 0 spiro atoms. The van der Waals surface area contributed by atoms with Gasteiger partial charge in [0.1, 0.15) is 0 Å². The zero-order valence-electron chi connectivity index (χ0n) is 11.3. The van der Waals surface area contributed by atoms with Crippen molar-refractivity contribution in [1.82, 2.24) is 0 Å². The summed E-state index contributed by atoms with van der Waals surface area (Å²) in [6, 6.07) is 7.19. The van der Waals surface area contributed by atoms with E-state index in [9.17, 15) is 0 Å². The molecule has 2 heteroatoms. The highest BCUT2D eigenvalue weighted by molar-refractivity contribution is 5.49. The molecule has 0 radical (unpaired) electrons. The molecule has 17 heavy (non-hydrogen) atoms. The average molecular weight is 233 g/mol. The largest absolute Gasteiger partial charge is 0.382 e. The molecular formula is C15H23NO. The Morgan fingerprint density at radius 2 is 1.53 bits per heavy atom. The second kappa shape index (κ2) is 5.09. The number of nitrogens with one attached hydrogen (secondary N) is 1. The molecule has 1 aliphatic heterocycles. The third-order valence-electron chi connectivity index (χ3n) is 3.29. The molecule has 2 nitrogen and oxygen atoms in total. The first-order chi connectivity index (χ1) is 8.02. The molecule has 1 saturated heterocycles. The van der Waals surface area contributed by atoms with Crippen molar-refractivity contribution in [1.29, 1.82) is 0 Å². The van der Waals surface area contributed by atoms with E-state index in [2.05, 4.69) is 51.2 Å². The predicted octanol–water partition coefficient (Wildman–Crippen LogP) is 3.67. The number of aryl methyl sites for hydroxylation is 2. The van der Waals surface area contributed by atoms with Crippen molar-refractivity contribution in [2.24, 2.45) is 0 Å². The average Bonchev–Trinajstić information content (AvgIpc) is 2.13. The molecule has 1 aromatic rings. The fourth-order valence-corrected chi connectivity index (χ4v) is 2.82. The van der Waals surface area contributed by atoms with Crippen LogP contribution in [0.5, 0.6) is 0 Å². The van der Waals surface area contributed by atoms with Gasteiger partial charge in [-0.25, -0.2) is 0 Å². The van der Waals surface area contributed by atoms with Gasteiger partial charge in [0.15, 0.2) is 0 Å². The highest BCUT2D eigenvalue weighted by Crippen LogP contribution is 2.23. The Hall–Kier alpha value is -1.02. The van der Waals surface area contributed by atoms with E-state index < -0.39 is 0 Å². The van der Waals surface area contributed by atoms with E-state index in [0.29, 0.717) is 18.2 Å². The van der Waals surface area contributed by atoms with Gasteiger partial charge in [0.2, 0.25) is 0 Å². The first kappa shape index (κ1) is 12.4. The van der Waals surface area contributed by atoms with Crippen LogP contribution in [0.4, 0.5) is 5.69 Å². The zero-order chi connectivity index (χ0) is 12.4. The molecule has 1 N–H and O–H groups in total. The van der Waals surface area contributed by atoms with Gasteiger partial charge in [-0.2, -0.15) is 0 Å². The maximum Gasteiger partial charge on any atom is 0.0570 e. The summed E-state index contributed by atoms with van der Waals surface area (Å²) in [5, 5.41) is 3.64. The summed E-state index contributed by atoms with van der Waals surface area (Å²) < 4.78 is 5.76. The fraction of sp³-hybridized carbons (Fsp3) is 0.600. The lowest BCUT2D eigenvalue weighted by molar-refractivity contribution is -0.0337. The molecule has 1 fully saturated rings. The van der Waals surface area contributed by atoms with Crippen LogP contribution in [-0.4, -0.2) is 18.2 Å². The molecule has 0 bridgehead atoms. The predicted molar refractivity (Wildman–Crippen MR) is 72.6 cm³/mol. The lowest BCUT2D eigenvalue weighted by Crippen LogP contribution is -2.36. The number of ether oxygens (including phenoxy) is 1. The number of anilines is 1. The molecule has 2 unspecified atom stereocenters. The van der Waals surface area contributed by atoms with Crippen LogP contribution in [-0.2, 0) is 4.74 Å². The molecule has 0 saturated carbocycles. The molecule has 0 aliphatic carbocycles. The third kappa shape index (κ3) is 3.47. The van der Waals surface area contributed by atoms with Crippen molar-refractivity contribution < 1.29 is 4.74 Å². The summed E-state index contributed by atoms with van der Waals surface area (Å²) in [6.07, 6.45) is 2.92. The van der Waals surface area contributed by atoms with Crippen molar-refractivity contribution in [3.05, 3.63) is 29.3 Å². The second-order valence-electron chi connectivity index (χ2n) is 5.45. The molecule has 2 atom stereocenters. The van der Waals surface area contributed by atoms with Gasteiger partial charge >= 0.3 is 0 Å². The van der Waals surface area contributed by atoms with Gasteiger partial charge in [0, 0.05) is 11.7 Å². The Bertz CT molecular complexity index is 358. The fourth-order valence-electron chi connectivity index (χ4n) is 2.82. The molecule has 1 heterocycles. The highest BCUT2D eigenvalue weighted by Gasteiger charge is 2.24. The smallest absolute Gasteiger partial charge is 0.0570 e. The first-order valence-electron chi connectivity index (χ1n) is 6.53. The van der Waals surface area contributed by atoms with Gasteiger partial charge in [-0.3, -0.25) is 0 Å². The molecular weight excluding hydrogens is 210 g/mol. The number of rotatable bonds is 2. The summed E-state index contributed by atoms with van der Waals surface area (Å²) >= 11 is 0. The maximum absolute atomic E-state index is 5.76. The van der Waals surface area contributed by atoms with Crippen LogP contribution in [0.1, 0.15) is 37.8 Å². The summed E-state index contributed by atoms with van der Waals surface area (Å²) in [7, 11) is 0. The molecule has 1 aromatic carbocycles. The summed E-state index contributed by atoms with van der Waals surface area (Å²) in [6.45, 7) is 8.61. The number of hydrogen-bond acceptors (Lipinski definition) is 2. The normalized spacial score (nSPS) is 29.1. The monoisotopic (exact) mass is 233 g/mol. The summed E-state index contributed by atoms with van der Waals surface area (Å²) in [5.41, 5.74) is 3.88. The van der Waals surface area contributed by atoms with Gasteiger partial charge in [-0.05, 0) is 63.8 Å². The van der Waals surface area contributed by atoms with E-state index in [1.807, 2.05) is 0 Å². The zero-order valence-corrected chi connectivity index (χ0v) is 11.3. The van der Waals surface area contributed by atoms with Gasteiger partial charge in [-0.15, -0.1) is 0 Å². The van der Waals surface area contributed by atoms with Crippen LogP contribution in [0, 0.1) is 13.8 Å². The van der Waals surface area contributed by atoms with E-state index in [1.54, 1.807) is 0 Å². The topological polar surface area (TPSA) is 21.3 Å². The van der Waals surface area contributed by atoms with Crippen LogP contribution in [0.3, 0.4) is 0 Å². The Balaban J connectivity index is 2.04. The van der Waals surface area contributed by atoms with Crippen molar-refractivity contribution in [3.63, 3.8) is 0 Å². The van der Waals surface area contributed by atoms with E-state index >= 15 is 0 Å². The quantitative estimate of drug-likeness (QED) is 0.841. The molecule has 1 aliphatic rings. The van der Waals surface area contributed by atoms with Crippen molar-refractivity contribution in [2.45, 2.75) is 58.8 Å². The van der Waals surface area contributed by atoms with Gasteiger partial charge in [0.25, 0.3) is 0 Å². The lowest BCUT2D eigenvalue weighted by atomic mass is 9.99. The van der Waals surface area contributed by atoms with Crippen LogP contribution in [0.25, 0.3) is 0 Å². The minimum atomic E-state index is 0.363. The second-order valence-corrected chi connectivity index (χ2v) is 5.45. The molecule has 0 aromatic heterocycles. The van der Waals surface area contributed by atoms with Crippen LogP contribution in [0.2, 0.25) is 0 Å². The van der Waals surface area contributed by atoms with Gasteiger partial charge < -0.3 is 10.1 Å². The molecule has 0 amide bonds. The first-order valence-corrected chi connectivity index (χ1v) is 6.53. The van der Waals surface area contributed by atoms with E-state index in [-0.39, 0.29) is 0 Å². The van der Waals surface area contributed by atoms with Crippen molar-refractivity contribution in [2.75, 3.05) is 5.32 Å². The highest BCUT2D eigenvalue weighted by atomic mass is 16.5. The SMILES string of the molecule is Cc1cc(C)cc(NC2CC(C)OC(C)C2)c1. The van der Waals surface area contributed by atoms with Crippen molar-refractivity contribution >= 4 is 5.69 Å². The Labute approximate surface area is 104 Å². The summed E-state index contributed by atoms with van der Waals surface area (Å²) in [5.74, 6) is 0. The van der Waals surface area contributed by atoms with Crippen LogP contribution >= 0.6 is 0 Å². The Morgan fingerprint density at radius 1 is 1.00 bits per heavy atom. The van der Waals surface area contributed by atoms with Crippen LogP contribution < -0.4 is 5.32 Å². The van der Waals surface area contributed by atoms with E-state index in [0.717, 1.165) is 12.8 Å². The Morgan fingerprint density at radius 3 is 2.06 bits per heavy atom. The minimum absolute atomic E-state index is 0.363. The lowest BCUT2D eigenvalue weighted by Gasteiger charge is -2.33. The molecule has 94 valence electrons. The third-order valence-corrected chi connectivity index (χ3v) is 3.29. The number of benzene rings is 1. The van der Waals surface area contributed by atoms with E-state index in [4.69, 9.17) is 4.74 Å². The Kier molecular flexibility index (Phi) is 3.72.